The molecule has 0 atom stereocenters. The van der Waals surface area contributed by atoms with Crippen LogP contribution in [0, 0.1) is 17.0 Å². The van der Waals surface area contributed by atoms with Gasteiger partial charge in [0.25, 0.3) is 5.69 Å². The number of nitrogens with one attached hydrogen (secondary N) is 1. The first-order chi connectivity index (χ1) is 11.1. The molecule has 23 heavy (non-hydrogen) atoms. The van der Waals surface area contributed by atoms with Crippen molar-refractivity contribution < 1.29 is 4.92 Å². The van der Waals surface area contributed by atoms with Crippen LogP contribution >= 0.6 is 0 Å². The van der Waals surface area contributed by atoms with E-state index in [1.807, 2.05) is 30.0 Å². The number of rotatable bonds is 3. The molecule has 0 radical (unpaired) electrons. The maximum Gasteiger partial charge on any atom is 0.271 e. The SMILES string of the molecule is Cc1ccc([N+](=O)[O-])cc1-n1ccn2nc(-c3cn[nH]c3)cc12. The van der Waals surface area contributed by atoms with Gasteiger partial charge in [-0.15, -0.1) is 0 Å². The van der Waals surface area contributed by atoms with Gasteiger partial charge in [-0.25, -0.2) is 4.52 Å². The number of nitrogens with zero attached hydrogens (tertiary/aromatic N) is 5. The van der Waals surface area contributed by atoms with Crippen molar-refractivity contribution in [2.24, 2.45) is 0 Å². The first-order valence-electron chi connectivity index (χ1n) is 6.95. The van der Waals surface area contributed by atoms with Crippen LogP contribution in [-0.2, 0) is 0 Å². The molecule has 8 nitrogen and oxygen atoms in total. The van der Waals surface area contributed by atoms with Gasteiger partial charge in [0.15, 0.2) is 0 Å². The van der Waals surface area contributed by atoms with Crippen molar-refractivity contribution in [1.29, 1.82) is 0 Å². The summed E-state index contributed by atoms with van der Waals surface area (Å²) in [5, 5.41) is 22.2. The number of non-ortho nitro benzene ring substituents is 1. The van der Waals surface area contributed by atoms with Crippen LogP contribution in [0.5, 0.6) is 0 Å². The number of nitro benzene ring substituents is 1. The Labute approximate surface area is 130 Å². The van der Waals surface area contributed by atoms with Crippen LogP contribution in [0.4, 0.5) is 5.69 Å². The Morgan fingerprint density at radius 2 is 2.13 bits per heavy atom. The maximum atomic E-state index is 11.0. The number of nitro groups is 1. The Kier molecular flexibility index (Phi) is 2.77. The lowest BCUT2D eigenvalue weighted by atomic mass is 10.2. The normalized spacial score (nSPS) is 11.2. The molecule has 0 aliphatic rings. The Hall–Kier alpha value is -3.42. The van der Waals surface area contributed by atoms with Gasteiger partial charge in [-0.3, -0.25) is 19.8 Å². The van der Waals surface area contributed by atoms with E-state index in [1.165, 1.54) is 6.07 Å². The highest BCUT2D eigenvalue weighted by Crippen LogP contribution is 2.25. The fraction of sp³-hybridized carbons (Fsp3) is 0.0667. The molecule has 0 amide bonds. The highest BCUT2D eigenvalue weighted by atomic mass is 16.6. The summed E-state index contributed by atoms with van der Waals surface area (Å²) >= 11 is 0. The molecular formula is C15H12N6O2. The quantitative estimate of drug-likeness (QED) is 0.465. The van der Waals surface area contributed by atoms with Crippen LogP contribution < -0.4 is 0 Å². The van der Waals surface area contributed by atoms with Gasteiger partial charge in [-0.05, 0) is 12.5 Å². The summed E-state index contributed by atoms with van der Waals surface area (Å²) in [4.78, 5) is 10.6. The Balaban J connectivity index is 1.89. The van der Waals surface area contributed by atoms with E-state index in [2.05, 4.69) is 15.3 Å². The van der Waals surface area contributed by atoms with Crippen molar-refractivity contribution in [1.82, 2.24) is 24.4 Å². The summed E-state index contributed by atoms with van der Waals surface area (Å²) in [7, 11) is 0. The van der Waals surface area contributed by atoms with E-state index in [1.54, 1.807) is 29.0 Å². The molecule has 8 heteroatoms. The van der Waals surface area contributed by atoms with E-state index in [4.69, 9.17) is 0 Å². The second kappa shape index (κ2) is 4.80. The third-order valence-corrected chi connectivity index (χ3v) is 3.78. The van der Waals surface area contributed by atoms with Crippen LogP contribution in [-0.4, -0.2) is 29.3 Å². The van der Waals surface area contributed by atoms with Crippen molar-refractivity contribution in [2.45, 2.75) is 6.92 Å². The molecule has 1 aromatic carbocycles. The number of hydrogen-bond donors (Lipinski definition) is 1. The van der Waals surface area contributed by atoms with Crippen molar-refractivity contribution in [3.05, 3.63) is 64.7 Å². The van der Waals surface area contributed by atoms with Crippen molar-refractivity contribution in [3.8, 4) is 16.9 Å². The highest BCUT2D eigenvalue weighted by Gasteiger charge is 2.14. The van der Waals surface area contributed by atoms with Gasteiger partial charge in [0.05, 0.1) is 22.5 Å². The van der Waals surface area contributed by atoms with Crippen LogP contribution in [0.1, 0.15) is 5.56 Å². The molecule has 0 saturated heterocycles. The van der Waals surface area contributed by atoms with Gasteiger partial charge in [0, 0.05) is 42.4 Å². The molecule has 1 N–H and O–H groups in total. The fourth-order valence-corrected chi connectivity index (χ4v) is 2.59. The molecule has 0 aliphatic carbocycles. The Morgan fingerprint density at radius 1 is 1.26 bits per heavy atom. The number of H-pyrrole nitrogens is 1. The summed E-state index contributed by atoms with van der Waals surface area (Å²) in [6, 6.07) is 6.74. The van der Waals surface area contributed by atoms with Crippen molar-refractivity contribution >= 4 is 11.3 Å². The molecule has 3 heterocycles. The number of benzene rings is 1. The highest BCUT2D eigenvalue weighted by molar-refractivity contribution is 5.65. The molecule has 4 aromatic rings. The predicted octanol–water partition coefficient (Wildman–Crippen LogP) is 2.73. The second-order valence-electron chi connectivity index (χ2n) is 5.22. The standard InChI is InChI=1S/C15H12N6O2/c1-10-2-3-12(21(22)23)6-14(10)19-4-5-20-15(19)7-13(18-20)11-8-16-17-9-11/h2-9H,1H3,(H,16,17). The summed E-state index contributed by atoms with van der Waals surface area (Å²) < 4.78 is 3.62. The number of hydrogen-bond acceptors (Lipinski definition) is 4. The van der Waals surface area contributed by atoms with E-state index in [-0.39, 0.29) is 5.69 Å². The van der Waals surface area contributed by atoms with Crippen molar-refractivity contribution in [2.75, 3.05) is 0 Å². The molecule has 114 valence electrons. The van der Waals surface area contributed by atoms with E-state index in [0.29, 0.717) is 0 Å². The Morgan fingerprint density at radius 3 is 2.87 bits per heavy atom. The molecule has 0 unspecified atom stereocenters. The third-order valence-electron chi connectivity index (χ3n) is 3.78. The lowest BCUT2D eigenvalue weighted by Crippen LogP contribution is -1.98. The number of aryl methyl sites for hydroxylation is 1. The molecule has 0 aliphatic heterocycles. The zero-order valence-electron chi connectivity index (χ0n) is 12.2. The topological polar surface area (TPSA) is 94.1 Å². The Bertz CT molecular complexity index is 1010. The lowest BCUT2D eigenvalue weighted by molar-refractivity contribution is -0.384. The van der Waals surface area contributed by atoms with Gasteiger partial charge in [0.1, 0.15) is 5.65 Å². The molecule has 0 spiro atoms. The smallest absolute Gasteiger partial charge is 0.271 e. The molecule has 0 saturated carbocycles. The number of aromatic amines is 1. The van der Waals surface area contributed by atoms with E-state index >= 15 is 0 Å². The average molecular weight is 308 g/mol. The predicted molar refractivity (Wildman–Crippen MR) is 83.5 cm³/mol. The number of imidazole rings is 1. The van der Waals surface area contributed by atoms with Crippen LogP contribution in [0.25, 0.3) is 22.6 Å². The fourth-order valence-electron chi connectivity index (χ4n) is 2.59. The first kappa shape index (κ1) is 13.3. The van der Waals surface area contributed by atoms with Gasteiger partial charge >= 0.3 is 0 Å². The van der Waals surface area contributed by atoms with Gasteiger partial charge in [-0.2, -0.15) is 10.2 Å². The molecule has 0 bridgehead atoms. The van der Waals surface area contributed by atoms with E-state index in [0.717, 1.165) is 28.2 Å². The molecule has 3 aromatic heterocycles. The van der Waals surface area contributed by atoms with Gasteiger partial charge in [-0.1, -0.05) is 6.07 Å². The van der Waals surface area contributed by atoms with Gasteiger partial charge in [0.2, 0.25) is 0 Å². The summed E-state index contributed by atoms with van der Waals surface area (Å²) in [6.07, 6.45) is 7.13. The van der Waals surface area contributed by atoms with Crippen molar-refractivity contribution in [3.63, 3.8) is 0 Å². The van der Waals surface area contributed by atoms with E-state index < -0.39 is 4.92 Å². The monoisotopic (exact) mass is 308 g/mol. The lowest BCUT2D eigenvalue weighted by Gasteiger charge is -2.07. The average Bonchev–Trinajstić information content (AvgIpc) is 3.23. The number of fused-ring (bicyclic) bond motifs is 1. The first-order valence-corrected chi connectivity index (χ1v) is 6.95. The zero-order valence-corrected chi connectivity index (χ0v) is 12.2. The van der Waals surface area contributed by atoms with Crippen LogP contribution in [0.15, 0.2) is 49.1 Å². The largest absolute Gasteiger partial charge is 0.300 e. The summed E-state index contributed by atoms with van der Waals surface area (Å²) in [6.45, 7) is 1.92. The second-order valence-corrected chi connectivity index (χ2v) is 5.22. The minimum atomic E-state index is -0.392. The summed E-state index contributed by atoms with van der Waals surface area (Å²) in [5.74, 6) is 0. The molecule has 0 fully saturated rings. The van der Waals surface area contributed by atoms with Crippen LogP contribution in [0.3, 0.4) is 0 Å². The minimum absolute atomic E-state index is 0.0621. The maximum absolute atomic E-state index is 11.0. The third kappa shape index (κ3) is 2.08. The van der Waals surface area contributed by atoms with E-state index in [9.17, 15) is 10.1 Å². The van der Waals surface area contributed by atoms with Crippen LogP contribution in [0.2, 0.25) is 0 Å². The minimum Gasteiger partial charge on any atom is -0.300 e. The molecular weight excluding hydrogens is 296 g/mol. The summed E-state index contributed by atoms with van der Waals surface area (Å²) in [5.41, 5.74) is 4.26. The zero-order chi connectivity index (χ0) is 16.0. The molecule has 4 rings (SSSR count). The van der Waals surface area contributed by atoms with Gasteiger partial charge < -0.3 is 0 Å². The number of aromatic nitrogens is 5.